The molecular formula is C12H16N2O3S. The third-order valence-electron chi connectivity index (χ3n) is 3.21. The first kappa shape index (κ1) is 13.0. The number of aromatic nitrogens is 1. The fourth-order valence-corrected chi connectivity index (χ4v) is 2.77. The number of aromatic carboxylic acids is 1. The molecule has 0 aliphatic heterocycles. The van der Waals surface area contributed by atoms with E-state index in [9.17, 15) is 9.59 Å². The molecule has 1 saturated carbocycles. The second-order valence-electron chi connectivity index (χ2n) is 4.63. The van der Waals surface area contributed by atoms with Gasteiger partial charge in [0.15, 0.2) is 0 Å². The molecule has 0 saturated heterocycles. The van der Waals surface area contributed by atoms with Crippen molar-refractivity contribution in [2.75, 3.05) is 0 Å². The monoisotopic (exact) mass is 268 g/mol. The number of nitrogens with zero attached hydrogens (tertiary/aromatic N) is 1. The highest BCUT2D eigenvalue weighted by atomic mass is 32.1. The van der Waals surface area contributed by atoms with E-state index in [2.05, 4.69) is 10.3 Å². The van der Waals surface area contributed by atoms with Gasteiger partial charge in [0.1, 0.15) is 9.88 Å². The maximum Gasteiger partial charge on any atom is 0.347 e. The first-order valence-corrected chi connectivity index (χ1v) is 6.81. The van der Waals surface area contributed by atoms with Crippen LogP contribution in [0.3, 0.4) is 0 Å². The van der Waals surface area contributed by atoms with E-state index in [-0.39, 0.29) is 22.7 Å². The number of carbonyl (C=O) groups is 2. The molecule has 98 valence electrons. The highest BCUT2D eigenvalue weighted by molar-refractivity contribution is 7.13. The average Bonchev–Trinajstić information content (AvgIpc) is 2.57. The third kappa shape index (κ3) is 2.53. The molecule has 0 radical (unpaired) electrons. The summed E-state index contributed by atoms with van der Waals surface area (Å²) in [5.41, 5.74) is 0.507. The summed E-state index contributed by atoms with van der Waals surface area (Å²) in [7, 11) is 0. The number of thiazole rings is 1. The molecule has 2 N–H and O–H groups in total. The van der Waals surface area contributed by atoms with E-state index in [0.29, 0.717) is 10.7 Å². The van der Waals surface area contributed by atoms with Crippen LogP contribution in [0.2, 0.25) is 0 Å². The molecule has 0 spiro atoms. The smallest absolute Gasteiger partial charge is 0.347 e. The predicted octanol–water partition coefficient (Wildman–Crippen LogP) is 2.13. The van der Waals surface area contributed by atoms with Crippen LogP contribution in [0.4, 0.5) is 0 Å². The van der Waals surface area contributed by atoms with Crippen LogP contribution < -0.4 is 5.32 Å². The van der Waals surface area contributed by atoms with E-state index in [0.717, 1.165) is 30.6 Å². The highest BCUT2D eigenvalue weighted by Crippen LogP contribution is 2.28. The first-order chi connectivity index (χ1) is 8.49. The van der Waals surface area contributed by atoms with Gasteiger partial charge in [-0.25, -0.2) is 9.78 Å². The van der Waals surface area contributed by atoms with Crippen LogP contribution in [0.5, 0.6) is 0 Å². The minimum Gasteiger partial charge on any atom is -0.477 e. The van der Waals surface area contributed by atoms with E-state index >= 15 is 0 Å². The van der Waals surface area contributed by atoms with Crippen molar-refractivity contribution in [1.29, 1.82) is 0 Å². The minimum atomic E-state index is -0.964. The summed E-state index contributed by atoms with van der Waals surface area (Å²) in [6, 6.07) is -0.227. The number of amides is 1. The molecule has 1 aromatic heterocycles. The Labute approximate surface area is 109 Å². The van der Waals surface area contributed by atoms with Gasteiger partial charge in [-0.1, -0.05) is 6.42 Å². The Morgan fingerprint density at radius 1 is 1.50 bits per heavy atom. The quantitative estimate of drug-likeness (QED) is 0.876. The number of carbonyl (C=O) groups excluding carboxylic acids is 1. The third-order valence-corrected chi connectivity index (χ3v) is 4.54. The molecule has 1 aliphatic rings. The molecule has 1 fully saturated rings. The summed E-state index contributed by atoms with van der Waals surface area (Å²) >= 11 is 1.13. The van der Waals surface area contributed by atoms with Crippen molar-refractivity contribution >= 4 is 23.2 Å². The standard InChI is InChI=1S/C12H16N2O3S/c1-6-9(12(16)17)18-11(14-6)7(2)13-10(15)8-4-3-5-8/h7-8H,3-5H2,1-2H3,(H,13,15)(H,16,17). The van der Waals surface area contributed by atoms with Crippen molar-refractivity contribution in [2.45, 2.75) is 39.2 Å². The molecule has 1 aliphatic carbocycles. The number of hydrogen-bond acceptors (Lipinski definition) is 4. The van der Waals surface area contributed by atoms with Crippen molar-refractivity contribution in [1.82, 2.24) is 10.3 Å². The van der Waals surface area contributed by atoms with Crippen LogP contribution in [-0.4, -0.2) is 22.0 Å². The van der Waals surface area contributed by atoms with E-state index < -0.39 is 5.97 Å². The molecule has 1 aromatic rings. The zero-order chi connectivity index (χ0) is 13.3. The lowest BCUT2D eigenvalue weighted by Gasteiger charge is -2.25. The van der Waals surface area contributed by atoms with Gasteiger partial charge in [0.2, 0.25) is 5.91 Å². The summed E-state index contributed by atoms with van der Waals surface area (Å²) in [6.45, 7) is 3.50. The second kappa shape index (κ2) is 5.06. The van der Waals surface area contributed by atoms with Crippen LogP contribution in [0.1, 0.15) is 52.6 Å². The molecule has 1 amide bonds. The number of nitrogens with one attached hydrogen (secondary N) is 1. The van der Waals surface area contributed by atoms with Crippen LogP contribution >= 0.6 is 11.3 Å². The van der Waals surface area contributed by atoms with Crippen molar-refractivity contribution in [3.63, 3.8) is 0 Å². The molecule has 6 heteroatoms. The first-order valence-electron chi connectivity index (χ1n) is 6.00. The van der Waals surface area contributed by atoms with Crippen LogP contribution in [0, 0.1) is 12.8 Å². The van der Waals surface area contributed by atoms with Crippen molar-refractivity contribution in [3.8, 4) is 0 Å². The van der Waals surface area contributed by atoms with Crippen molar-refractivity contribution in [2.24, 2.45) is 5.92 Å². The van der Waals surface area contributed by atoms with Crippen LogP contribution in [0.15, 0.2) is 0 Å². The van der Waals surface area contributed by atoms with E-state index in [4.69, 9.17) is 5.11 Å². The van der Waals surface area contributed by atoms with Gasteiger partial charge in [-0.15, -0.1) is 11.3 Å². The Kier molecular flexibility index (Phi) is 3.65. The molecule has 5 nitrogen and oxygen atoms in total. The number of aryl methyl sites for hydroxylation is 1. The summed E-state index contributed by atoms with van der Waals surface area (Å²) in [5.74, 6) is -0.778. The molecular weight excluding hydrogens is 252 g/mol. The maximum atomic E-state index is 11.8. The number of hydrogen-bond donors (Lipinski definition) is 2. The van der Waals surface area contributed by atoms with E-state index in [1.165, 1.54) is 0 Å². The van der Waals surface area contributed by atoms with Gasteiger partial charge < -0.3 is 10.4 Å². The molecule has 0 aromatic carbocycles. The lowest BCUT2D eigenvalue weighted by atomic mass is 9.84. The maximum absolute atomic E-state index is 11.8. The summed E-state index contributed by atoms with van der Waals surface area (Å²) in [5, 5.41) is 12.5. The van der Waals surface area contributed by atoms with E-state index in [1.807, 2.05) is 6.92 Å². The second-order valence-corrected chi connectivity index (χ2v) is 5.66. The van der Waals surface area contributed by atoms with Crippen molar-refractivity contribution in [3.05, 3.63) is 15.6 Å². The largest absolute Gasteiger partial charge is 0.477 e. The zero-order valence-electron chi connectivity index (χ0n) is 10.4. The topological polar surface area (TPSA) is 79.3 Å². The Morgan fingerprint density at radius 3 is 2.61 bits per heavy atom. The van der Waals surface area contributed by atoms with Gasteiger partial charge in [-0.3, -0.25) is 4.79 Å². The van der Waals surface area contributed by atoms with Gasteiger partial charge in [0.25, 0.3) is 0 Å². The van der Waals surface area contributed by atoms with Gasteiger partial charge in [-0.05, 0) is 26.7 Å². The molecule has 0 bridgehead atoms. The Bertz CT molecular complexity index is 480. The lowest BCUT2D eigenvalue weighted by Crippen LogP contribution is -2.35. The van der Waals surface area contributed by atoms with Crippen LogP contribution in [-0.2, 0) is 4.79 Å². The Balaban J connectivity index is 2.04. The normalized spacial score (nSPS) is 17.0. The van der Waals surface area contributed by atoms with Gasteiger partial charge >= 0.3 is 5.97 Å². The Morgan fingerprint density at radius 2 is 2.17 bits per heavy atom. The van der Waals surface area contributed by atoms with Gasteiger partial charge in [-0.2, -0.15) is 0 Å². The van der Waals surface area contributed by atoms with E-state index in [1.54, 1.807) is 6.92 Å². The van der Waals surface area contributed by atoms with Gasteiger partial charge in [0.05, 0.1) is 11.7 Å². The molecule has 1 unspecified atom stereocenters. The molecule has 1 heterocycles. The summed E-state index contributed by atoms with van der Waals surface area (Å²) in [6.07, 6.45) is 3.03. The minimum absolute atomic E-state index is 0.0541. The number of carboxylic acids is 1. The molecule has 18 heavy (non-hydrogen) atoms. The molecule has 1 atom stereocenters. The fraction of sp³-hybridized carbons (Fsp3) is 0.583. The fourth-order valence-electron chi connectivity index (χ4n) is 1.86. The molecule has 2 rings (SSSR count). The highest BCUT2D eigenvalue weighted by Gasteiger charge is 2.27. The van der Waals surface area contributed by atoms with Crippen molar-refractivity contribution < 1.29 is 14.7 Å². The number of rotatable bonds is 4. The SMILES string of the molecule is Cc1nc(C(C)NC(=O)C2CCC2)sc1C(=O)O. The summed E-state index contributed by atoms with van der Waals surface area (Å²) in [4.78, 5) is 27.2. The Hall–Kier alpha value is -1.43. The predicted molar refractivity (Wildman–Crippen MR) is 67.7 cm³/mol. The van der Waals surface area contributed by atoms with Gasteiger partial charge in [0, 0.05) is 5.92 Å². The number of carboxylic acid groups (broad SMARTS) is 1. The average molecular weight is 268 g/mol. The summed E-state index contributed by atoms with van der Waals surface area (Å²) < 4.78 is 0. The zero-order valence-corrected chi connectivity index (χ0v) is 11.2. The van der Waals surface area contributed by atoms with Crippen LogP contribution in [0.25, 0.3) is 0 Å². The lowest BCUT2D eigenvalue weighted by molar-refractivity contribution is -0.128.